The van der Waals surface area contributed by atoms with Gasteiger partial charge in [0.1, 0.15) is 6.23 Å². The van der Waals surface area contributed by atoms with Gasteiger partial charge in [0.15, 0.2) is 0 Å². The number of hydrogen-bond donors (Lipinski definition) is 2. The van der Waals surface area contributed by atoms with Crippen molar-refractivity contribution >= 4 is 17.3 Å². The Morgan fingerprint density at radius 2 is 2.08 bits per heavy atom. The molecule has 1 heterocycles. The van der Waals surface area contributed by atoms with Gasteiger partial charge >= 0.3 is 0 Å². The van der Waals surface area contributed by atoms with E-state index in [9.17, 15) is 5.11 Å². The first-order valence-electron chi connectivity index (χ1n) is 4.23. The smallest absolute Gasteiger partial charge is 0.123 e. The summed E-state index contributed by atoms with van der Waals surface area (Å²) in [5.41, 5.74) is 3.96. The maximum atomic E-state index is 9.24. The molecule has 0 aliphatic carbocycles. The van der Waals surface area contributed by atoms with Gasteiger partial charge in [-0.25, -0.2) is 5.43 Å². The topological polar surface area (TPSA) is 35.5 Å². The number of rotatable bonds is 1. The van der Waals surface area contributed by atoms with Crippen molar-refractivity contribution in [2.45, 2.75) is 12.6 Å². The van der Waals surface area contributed by atoms with Crippen molar-refractivity contribution < 1.29 is 5.11 Å². The van der Waals surface area contributed by atoms with E-state index < -0.39 is 6.23 Å². The predicted octanol–water partition coefficient (Wildman–Crippen LogP) is 1.37. The van der Waals surface area contributed by atoms with Crippen LogP contribution in [0.2, 0.25) is 5.02 Å². The number of benzene rings is 1. The average molecular weight is 199 g/mol. The van der Waals surface area contributed by atoms with E-state index in [1.165, 1.54) is 0 Å². The maximum Gasteiger partial charge on any atom is 0.123 e. The van der Waals surface area contributed by atoms with Crippen LogP contribution < -0.4 is 10.4 Å². The summed E-state index contributed by atoms with van der Waals surface area (Å²) in [7, 11) is 0. The molecule has 2 N–H and O–H groups in total. The summed E-state index contributed by atoms with van der Waals surface area (Å²) < 4.78 is 0. The number of aliphatic hydroxyl groups excluding tert-OH is 1. The van der Waals surface area contributed by atoms with Crippen molar-refractivity contribution in [2.75, 3.05) is 11.6 Å². The zero-order valence-corrected chi connectivity index (χ0v) is 7.83. The van der Waals surface area contributed by atoms with Gasteiger partial charge in [0.25, 0.3) is 0 Å². The molecule has 2 rings (SSSR count). The van der Waals surface area contributed by atoms with Crippen molar-refractivity contribution in [3.05, 3.63) is 29.3 Å². The van der Waals surface area contributed by atoms with E-state index in [4.69, 9.17) is 11.6 Å². The Morgan fingerprint density at radius 1 is 1.38 bits per heavy atom. The Kier molecular flexibility index (Phi) is 2.40. The standard InChI is InChI=1S/C9H11ClN2O/c10-7-1-3-8(4-2-7)12-6-5-9(13)11-12/h1-4,9,11,13H,5-6H2. The van der Waals surface area contributed by atoms with Crippen LogP contribution in [0.4, 0.5) is 5.69 Å². The van der Waals surface area contributed by atoms with E-state index in [0.717, 1.165) is 23.7 Å². The Balaban J connectivity index is 2.13. The van der Waals surface area contributed by atoms with Crippen LogP contribution >= 0.6 is 11.6 Å². The molecule has 70 valence electrons. The molecule has 0 radical (unpaired) electrons. The van der Waals surface area contributed by atoms with Crippen molar-refractivity contribution in [1.29, 1.82) is 0 Å². The average Bonchev–Trinajstić information content (AvgIpc) is 2.53. The lowest BCUT2D eigenvalue weighted by Gasteiger charge is -2.18. The third-order valence-electron chi connectivity index (χ3n) is 2.07. The minimum Gasteiger partial charge on any atom is -0.377 e. The number of aliphatic hydroxyl groups is 1. The van der Waals surface area contributed by atoms with Crippen LogP contribution in [0, 0.1) is 0 Å². The fourth-order valence-electron chi connectivity index (χ4n) is 1.39. The van der Waals surface area contributed by atoms with Crippen LogP contribution in [0.1, 0.15) is 6.42 Å². The highest BCUT2D eigenvalue weighted by Crippen LogP contribution is 2.19. The van der Waals surface area contributed by atoms with Crippen molar-refractivity contribution in [1.82, 2.24) is 5.43 Å². The number of nitrogens with one attached hydrogen (secondary N) is 1. The summed E-state index contributed by atoms with van der Waals surface area (Å²) >= 11 is 5.76. The first-order valence-corrected chi connectivity index (χ1v) is 4.61. The van der Waals surface area contributed by atoms with Gasteiger partial charge in [-0.2, -0.15) is 0 Å². The molecule has 1 unspecified atom stereocenters. The van der Waals surface area contributed by atoms with Gasteiger partial charge < -0.3 is 10.1 Å². The summed E-state index contributed by atoms with van der Waals surface area (Å²) in [5, 5.41) is 11.9. The van der Waals surface area contributed by atoms with Gasteiger partial charge in [-0.15, -0.1) is 0 Å². The molecular formula is C9H11ClN2O. The molecule has 0 spiro atoms. The molecule has 0 saturated carbocycles. The maximum absolute atomic E-state index is 9.24. The Hall–Kier alpha value is -0.770. The van der Waals surface area contributed by atoms with Crippen LogP contribution in [0.3, 0.4) is 0 Å². The highest BCUT2D eigenvalue weighted by Gasteiger charge is 2.18. The second kappa shape index (κ2) is 3.54. The van der Waals surface area contributed by atoms with Crippen LogP contribution in [0.25, 0.3) is 0 Å². The molecule has 0 aromatic heterocycles. The zero-order chi connectivity index (χ0) is 9.26. The summed E-state index contributed by atoms with van der Waals surface area (Å²) in [6, 6.07) is 7.52. The van der Waals surface area contributed by atoms with E-state index in [-0.39, 0.29) is 0 Å². The second-order valence-electron chi connectivity index (χ2n) is 3.06. The minimum atomic E-state index is -0.421. The van der Waals surface area contributed by atoms with Crippen molar-refractivity contribution in [3.63, 3.8) is 0 Å². The molecule has 0 amide bonds. The highest BCUT2D eigenvalue weighted by atomic mass is 35.5. The number of anilines is 1. The van der Waals surface area contributed by atoms with Crippen molar-refractivity contribution in [3.8, 4) is 0 Å². The normalized spacial score (nSPS) is 22.3. The lowest BCUT2D eigenvalue weighted by molar-refractivity contribution is 0.159. The number of hydrogen-bond acceptors (Lipinski definition) is 3. The van der Waals surface area contributed by atoms with E-state index in [1.54, 1.807) is 0 Å². The molecular weight excluding hydrogens is 188 g/mol. The fraction of sp³-hybridized carbons (Fsp3) is 0.333. The van der Waals surface area contributed by atoms with E-state index in [2.05, 4.69) is 5.43 Å². The quantitative estimate of drug-likeness (QED) is 0.716. The first-order chi connectivity index (χ1) is 6.25. The third kappa shape index (κ3) is 1.94. The first kappa shape index (κ1) is 8.81. The fourth-order valence-corrected chi connectivity index (χ4v) is 1.51. The highest BCUT2D eigenvalue weighted by molar-refractivity contribution is 6.30. The van der Waals surface area contributed by atoms with Gasteiger partial charge in [-0.1, -0.05) is 11.6 Å². The second-order valence-corrected chi connectivity index (χ2v) is 3.50. The molecule has 1 aliphatic rings. The van der Waals surface area contributed by atoms with Crippen molar-refractivity contribution in [2.24, 2.45) is 0 Å². The monoisotopic (exact) mass is 198 g/mol. The molecule has 3 nitrogen and oxygen atoms in total. The van der Waals surface area contributed by atoms with Gasteiger partial charge in [0.2, 0.25) is 0 Å². The molecule has 0 bridgehead atoms. The van der Waals surface area contributed by atoms with Crippen LogP contribution in [-0.2, 0) is 0 Å². The summed E-state index contributed by atoms with van der Waals surface area (Å²) in [6.07, 6.45) is 0.332. The van der Waals surface area contributed by atoms with E-state index >= 15 is 0 Å². The summed E-state index contributed by atoms with van der Waals surface area (Å²) in [4.78, 5) is 0. The molecule has 1 fully saturated rings. The molecule has 1 aliphatic heterocycles. The SMILES string of the molecule is OC1CCN(c2ccc(Cl)cc2)N1. The minimum absolute atomic E-state index is 0.421. The Bertz CT molecular complexity index is 288. The van der Waals surface area contributed by atoms with E-state index in [1.807, 2.05) is 29.3 Å². The Labute approximate surface area is 81.9 Å². The van der Waals surface area contributed by atoms with Gasteiger partial charge in [0, 0.05) is 18.0 Å². The van der Waals surface area contributed by atoms with Gasteiger partial charge in [-0.05, 0) is 24.3 Å². The number of hydrazine groups is 1. The van der Waals surface area contributed by atoms with Gasteiger partial charge in [-0.3, -0.25) is 0 Å². The predicted molar refractivity (Wildman–Crippen MR) is 52.6 cm³/mol. The van der Waals surface area contributed by atoms with E-state index in [0.29, 0.717) is 0 Å². The molecule has 1 aromatic carbocycles. The van der Waals surface area contributed by atoms with Gasteiger partial charge in [0.05, 0.1) is 5.69 Å². The lowest BCUT2D eigenvalue weighted by atomic mass is 10.3. The molecule has 4 heteroatoms. The van der Waals surface area contributed by atoms with Crippen LogP contribution in [0.15, 0.2) is 24.3 Å². The molecule has 1 saturated heterocycles. The van der Waals surface area contributed by atoms with Crippen LogP contribution in [-0.4, -0.2) is 17.9 Å². The zero-order valence-electron chi connectivity index (χ0n) is 7.07. The molecule has 13 heavy (non-hydrogen) atoms. The third-order valence-corrected chi connectivity index (χ3v) is 2.32. The molecule has 1 aromatic rings. The lowest BCUT2D eigenvalue weighted by Crippen LogP contribution is -2.35. The molecule has 1 atom stereocenters. The largest absolute Gasteiger partial charge is 0.377 e. The summed E-state index contributed by atoms with van der Waals surface area (Å²) in [5.74, 6) is 0. The Morgan fingerprint density at radius 3 is 2.62 bits per heavy atom. The summed E-state index contributed by atoms with van der Waals surface area (Å²) in [6.45, 7) is 0.822. The number of halogens is 1. The number of nitrogens with zero attached hydrogens (tertiary/aromatic N) is 1. The van der Waals surface area contributed by atoms with Crippen LogP contribution in [0.5, 0.6) is 0 Å².